The highest BCUT2D eigenvalue weighted by Crippen LogP contribution is 2.51. The van der Waals surface area contributed by atoms with Crippen molar-refractivity contribution in [3.63, 3.8) is 0 Å². The van der Waals surface area contributed by atoms with Crippen molar-refractivity contribution in [2.24, 2.45) is 0 Å². The summed E-state index contributed by atoms with van der Waals surface area (Å²) in [7, 11) is -3.40. The Morgan fingerprint density at radius 1 is 0.824 bits per heavy atom. The third-order valence-corrected chi connectivity index (χ3v) is 4.45. The van der Waals surface area contributed by atoms with Gasteiger partial charge >= 0.3 is 7.75 Å². The van der Waals surface area contributed by atoms with E-state index in [2.05, 4.69) is 0 Å². The maximum atomic E-state index is 12.5. The van der Waals surface area contributed by atoms with E-state index in [1.54, 1.807) is 0 Å². The summed E-state index contributed by atoms with van der Waals surface area (Å²) in [6, 6.07) is 0. The first-order valence-corrected chi connectivity index (χ1v) is 8.66. The van der Waals surface area contributed by atoms with E-state index in [9.17, 15) is 4.57 Å². The molecule has 9 heteroatoms. The molecule has 0 aliphatic rings. The molecule has 0 saturated carbocycles. The lowest BCUT2D eigenvalue weighted by molar-refractivity contribution is 0.173. The van der Waals surface area contributed by atoms with E-state index in [-0.39, 0.29) is 25.0 Å². The molecule has 0 radical (unpaired) electrons. The Morgan fingerprint density at radius 2 is 1.24 bits per heavy atom. The van der Waals surface area contributed by atoms with Crippen LogP contribution < -0.4 is 0 Å². The minimum atomic E-state index is -3.40. The summed E-state index contributed by atoms with van der Waals surface area (Å²) < 4.78 is 24.3. The molecule has 0 amide bonds. The summed E-state index contributed by atoms with van der Waals surface area (Å²) in [5.41, 5.74) is 0. The second-order valence-electron chi connectivity index (χ2n) is 2.84. The molecule has 0 bridgehead atoms. The zero-order valence-corrected chi connectivity index (χ0v) is 13.2. The van der Waals surface area contributed by atoms with Crippen molar-refractivity contribution < 1.29 is 13.6 Å². The fourth-order valence-electron chi connectivity index (χ4n) is 1.05. The van der Waals surface area contributed by atoms with Crippen LogP contribution in [0.15, 0.2) is 0 Å². The third-order valence-electron chi connectivity index (χ3n) is 1.69. The maximum Gasteiger partial charge on any atom is 0.408 e. The zero-order chi connectivity index (χ0) is 13.1. The fourth-order valence-corrected chi connectivity index (χ4v) is 3.80. The third kappa shape index (κ3) is 7.44. The Hall–Kier alpha value is 1.27. The van der Waals surface area contributed by atoms with Crippen molar-refractivity contribution in [1.82, 2.24) is 4.67 Å². The summed E-state index contributed by atoms with van der Waals surface area (Å²) in [5.74, 6) is 1.05. The zero-order valence-electron chi connectivity index (χ0n) is 9.29. The Kier molecular flexibility index (Phi) is 12.0. The first-order chi connectivity index (χ1) is 8.14. The van der Waals surface area contributed by atoms with Crippen molar-refractivity contribution in [3.05, 3.63) is 0 Å². The highest BCUT2D eigenvalue weighted by Gasteiger charge is 2.32. The number of rotatable bonds is 11. The van der Waals surface area contributed by atoms with Crippen LogP contribution in [0.3, 0.4) is 0 Å². The van der Waals surface area contributed by atoms with Crippen LogP contribution in [0.25, 0.3) is 0 Å². The molecule has 104 valence electrons. The van der Waals surface area contributed by atoms with Crippen molar-refractivity contribution in [2.75, 3.05) is 49.8 Å². The molecule has 0 aliphatic carbocycles. The van der Waals surface area contributed by atoms with Gasteiger partial charge in [0.2, 0.25) is 0 Å². The smallest absolute Gasteiger partial charge is 0.295 e. The van der Waals surface area contributed by atoms with Gasteiger partial charge < -0.3 is 0 Å². The van der Waals surface area contributed by atoms with Crippen molar-refractivity contribution in [1.29, 1.82) is 0 Å². The van der Waals surface area contributed by atoms with E-state index >= 15 is 0 Å². The normalized spacial score (nSPS) is 12.3. The summed E-state index contributed by atoms with van der Waals surface area (Å²) in [5, 5.41) is 0. The Bertz CT molecular complexity index is 217. The molecule has 0 aromatic carbocycles. The lowest BCUT2D eigenvalue weighted by atomic mass is 10.6. The van der Waals surface area contributed by atoms with E-state index in [4.69, 9.17) is 55.5 Å². The van der Waals surface area contributed by atoms with Gasteiger partial charge in [0, 0.05) is 36.6 Å². The van der Waals surface area contributed by atoms with E-state index in [1.165, 1.54) is 4.67 Å². The molecule has 0 aromatic heterocycles. The summed E-state index contributed by atoms with van der Waals surface area (Å²) in [6.45, 7) is 0.969. The monoisotopic (exact) mass is 345 g/mol. The lowest BCUT2D eigenvalue weighted by Crippen LogP contribution is -2.28. The van der Waals surface area contributed by atoms with Gasteiger partial charge in [0.1, 0.15) is 0 Å². The molecule has 0 spiro atoms. The van der Waals surface area contributed by atoms with Gasteiger partial charge in [-0.15, -0.1) is 46.4 Å². The lowest BCUT2D eigenvalue weighted by Gasteiger charge is -2.28. The molecule has 0 rings (SSSR count). The first-order valence-electron chi connectivity index (χ1n) is 5.03. The van der Waals surface area contributed by atoms with Crippen LogP contribution in [-0.2, 0) is 13.6 Å². The number of nitrogens with zero attached hydrogens (tertiary/aromatic N) is 1. The van der Waals surface area contributed by atoms with Crippen molar-refractivity contribution >= 4 is 54.2 Å². The first kappa shape index (κ1) is 18.3. The Labute approximate surface area is 122 Å². The fraction of sp³-hybridized carbons (Fsp3) is 1.00. The van der Waals surface area contributed by atoms with Crippen LogP contribution in [-0.4, -0.2) is 54.5 Å². The predicted molar refractivity (Wildman–Crippen MR) is 74.0 cm³/mol. The van der Waals surface area contributed by atoms with Crippen LogP contribution in [0.1, 0.15) is 0 Å². The van der Waals surface area contributed by atoms with Crippen LogP contribution in [0, 0.1) is 0 Å². The minimum Gasteiger partial charge on any atom is -0.295 e. The van der Waals surface area contributed by atoms with Crippen LogP contribution >= 0.6 is 54.2 Å². The molecule has 0 saturated heterocycles. The van der Waals surface area contributed by atoms with Crippen molar-refractivity contribution in [3.8, 4) is 0 Å². The second kappa shape index (κ2) is 11.1. The Balaban J connectivity index is 4.62. The van der Waals surface area contributed by atoms with Crippen molar-refractivity contribution in [2.45, 2.75) is 0 Å². The number of halogens is 4. The average molecular weight is 347 g/mol. The second-order valence-corrected chi connectivity index (χ2v) is 6.38. The van der Waals surface area contributed by atoms with E-state index in [1.807, 2.05) is 0 Å². The maximum absolute atomic E-state index is 12.5. The molecule has 0 aliphatic heterocycles. The Morgan fingerprint density at radius 3 is 1.53 bits per heavy atom. The van der Waals surface area contributed by atoms with E-state index in [0.717, 1.165) is 0 Å². The molecular formula is C8H16Cl4NO3P. The molecule has 0 aromatic rings. The standard InChI is InChI=1S/C8H16Cl4NO3P/c9-1-5-13(6-2-10)17(14,15-7-3-11)16-8-4-12/h1-8H2. The molecule has 0 heterocycles. The SMILES string of the molecule is O=P(OCCCl)(OCCCl)N(CCCl)CCCl. The molecule has 17 heavy (non-hydrogen) atoms. The number of alkyl halides is 4. The summed E-state index contributed by atoms with van der Waals surface area (Å²) in [6.07, 6.45) is 0. The summed E-state index contributed by atoms with van der Waals surface area (Å²) in [4.78, 5) is 0. The molecule has 0 atom stereocenters. The molecule has 0 fully saturated rings. The van der Waals surface area contributed by atoms with E-state index < -0.39 is 7.75 Å². The van der Waals surface area contributed by atoms with Gasteiger partial charge in [-0.3, -0.25) is 9.05 Å². The minimum absolute atomic E-state index is 0.127. The largest absolute Gasteiger partial charge is 0.408 e. The average Bonchev–Trinajstić information content (AvgIpc) is 2.33. The van der Waals surface area contributed by atoms with Gasteiger partial charge in [-0.2, -0.15) is 0 Å². The molecule has 0 N–H and O–H groups in total. The van der Waals surface area contributed by atoms with Gasteiger partial charge in [-0.1, -0.05) is 0 Å². The van der Waals surface area contributed by atoms with Gasteiger partial charge in [0.05, 0.1) is 13.2 Å². The van der Waals surface area contributed by atoms with Crippen LogP contribution in [0.2, 0.25) is 0 Å². The number of hydrogen-bond acceptors (Lipinski definition) is 3. The van der Waals surface area contributed by atoms with Gasteiger partial charge in [0.25, 0.3) is 0 Å². The van der Waals surface area contributed by atoms with Gasteiger partial charge in [0.15, 0.2) is 0 Å². The molecular weight excluding hydrogens is 331 g/mol. The topological polar surface area (TPSA) is 38.8 Å². The molecule has 4 nitrogen and oxygen atoms in total. The van der Waals surface area contributed by atoms with E-state index in [0.29, 0.717) is 24.8 Å². The molecule has 0 unspecified atom stereocenters. The number of hydrogen-bond donors (Lipinski definition) is 0. The van der Waals surface area contributed by atoms with Crippen LogP contribution in [0.4, 0.5) is 0 Å². The van der Waals surface area contributed by atoms with Gasteiger partial charge in [-0.05, 0) is 0 Å². The highest BCUT2D eigenvalue weighted by molar-refractivity contribution is 7.51. The summed E-state index contributed by atoms with van der Waals surface area (Å²) >= 11 is 22.3. The quantitative estimate of drug-likeness (QED) is 0.424. The highest BCUT2D eigenvalue weighted by atomic mass is 35.5. The predicted octanol–water partition coefficient (Wildman–Crippen LogP) is 3.38. The van der Waals surface area contributed by atoms with Crippen LogP contribution in [0.5, 0.6) is 0 Å². The van der Waals surface area contributed by atoms with Gasteiger partial charge in [-0.25, -0.2) is 9.24 Å².